The quantitative estimate of drug-likeness (QED) is 0.834. The molecule has 20 heavy (non-hydrogen) atoms. The Hall–Kier alpha value is -0.380. The fourth-order valence-electron chi connectivity index (χ4n) is 3.19. The summed E-state index contributed by atoms with van der Waals surface area (Å²) < 4.78 is 7.56. The smallest absolute Gasteiger partial charge is 0.0987 e. The van der Waals surface area contributed by atoms with Crippen molar-refractivity contribution >= 4 is 15.9 Å². The molecule has 0 spiro atoms. The number of hydrogen-bond acceptors (Lipinski definition) is 2. The van der Waals surface area contributed by atoms with Crippen molar-refractivity contribution in [1.82, 2.24) is 0 Å². The number of ether oxygens (including phenoxy) is 1. The maximum Gasteiger partial charge on any atom is 0.0987 e. The van der Waals surface area contributed by atoms with Crippen LogP contribution in [0.25, 0.3) is 0 Å². The van der Waals surface area contributed by atoms with Gasteiger partial charge in [0.05, 0.1) is 12.2 Å². The third-order valence-corrected chi connectivity index (χ3v) is 5.10. The van der Waals surface area contributed by atoms with Crippen LogP contribution in [0.2, 0.25) is 0 Å². The van der Waals surface area contributed by atoms with E-state index in [4.69, 9.17) is 10.5 Å². The Morgan fingerprint density at radius 3 is 2.65 bits per heavy atom. The molecule has 1 fully saturated rings. The maximum absolute atomic E-state index is 6.47. The van der Waals surface area contributed by atoms with Crippen LogP contribution in [0.1, 0.15) is 57.6 Å². The fourth-order valence-corrected chi connectivity index (χ4v) is 3.70. The summed E-state index contributed by atoms with van der Waals surface area (Å²) in [5.41, 5.74) is 7.37. The van der Waals surface area contributed by atoms with Gasteiger partial charge in [0.15, 0.2) is 0 Å². The van der Waals surface area contributed by atoms with E-state index in [1.54, 1.807) is 0 Å². The molecule has 1 saturated carbocycles. The van der Waals surface area contributed by atoms with Gasteiger partial charge in [0.25, 0.3) is 0 Å². The first-order valence-corrected chi connectivity index (χ1v) is 8.58. The molecule has 4 atom stereocenters. The van der Waals surface area contributed by atoms with E-state index < -0.39 is 0 Å². The van der Waals surface area contributed by atoms with E-state index >= 15 is 0 Å². The van der Waals surface area contributed by atoms with Gasteiger partial charge in [-0.25, -0.2) is 0 Å². The molecule has 4 unspecified atom stereocenters. The number of nitrogens with two attached hydrogens (primary N) is 1. The lowest BCUT2D eigenvalue weighted by molar-refractivity contribution is -0.0703. The van der Waals surface area contributed by atoms with Gasteiger partial charge in [0.2, 0.25) is 0 Å². The molecule has 3 heteroatoms. The molecule has 0 bridgehead atoms. The van der Waals surface area contributed by atoms with Crippen LogP contribution < -0.4 is 5.73 Å². The van der Waals surface area contributed by atoms with Gasteiger partial charge in [-0.05, 0) is 37.3 Å². The predicted molar refractivity (Wildman–Crippen MR) is 87.7 cm³/mol. The highest BCUT2D eigenvalue weighted by atomic mass is 79.9. The number of halogens is 1. The highest BCUT2D eigenvalue weighted by Gasteiger charge is 2.29. The number of hydrogen-bond donors (Lipinski definition) is 1. The van der Waals surface area contributed by atoms with Crippen LogP contribution in [0.4, 0.5) is 0 Å². The van der Waals surface area contributed by atoms with Gasteiger partial charge < -0.3 is 10.5 Å². The molecular weight excluding hydrogens is 314 g/mol. The predicted octanol–water partition coefficient (Wildman–Crippen LogP) is 4.82. The second-order valence-corrected chi connectivity index (χ2v) is 6.78. The molecular formula is C17H26BrNO. The lowest BCUT2D eigenvalue weighted by Gasteiger charge is -2.35. The Balaban J connectivity index is 2.15. The van der Waals surface area contributed by atoms with Gasteiger partial charge >= 0.3 is 0 Å². The lowest BCUT2D eigenvalue weighted by Crippen LogP contribution is -2.35. The lowest BCUT2D eigenvalue weighted by atomic mass is 9.84. The Kier molecular flexibility index (Phi) is 6.06. The zero-order chi connectivity index (χ0) is 14.5. The first kappa shape index (κ1) is 16.0. The fraction of sp³-hybridized carbons (Fsp3) is 0.647. The van der Waals surface area contributed by atoms with E-state index in [0.717, 1.165) is 4.47 Å². The van der Waals surface area contributed by atoms with Gasteiger partial charge in [0.1, 0.15) is 0 Å². The highest BCUT2D eigenvalue weighted by Crippen LogP contribution is 2.35. The Morgan fingerprint density at radius 2 is 2.00 bits per heavy atom. The van der Waals surface area contributed by atoms with E-state index in [9.17, 15) is 0 Å². The molecule has 2 nitrogen and oxygen atoms in total. The summed E-state index contributed by atoms with van der Waals surface area (Å²) >= 11 is 3.63. The molecule has 0 amide bonds. The molecule has 0 heterocycles. The van der Waals surface area contributed by atoms with Crippen molar-refractivity contribution in [2.75, 3.05) is 0 Å². The SMILES string of the molecule is CCC1CCCCC1OC(c1ccccc1Br)C(C)N. The Bertz CT molecular complexity index is 421. The minimum atomic E-state index is -0.0253. The van der Waals surface area contributed by atoms with Crippen molar-refractivity contribution in [3.63, 3.8) is 0 Å². The number of rotatable bonds is 5. The molecule has 1 aromatic rings. The van der Waals surface area contributed by atoms with Crippen molar-refractivity contribution in [2.24, 2.45) is 11.7 Å². The van der Waals surface area contributed by atoms with Gasteiger partial charge in [-0.3, -0.25) is 0 Å². The van der Waals surface area contributed by atoms with Crippen molar-refractivity contribution in [3.8, 4) is 0 Å². The normalized spacial score (nSPS) is 26.2. The standard InChI is InChI=1S/C17H26BrNO/c1-3-13-8-4-7-11-16(13)20-17(12(2)19)14-9-5-6-10-15(14)18/h5-6,9-10,12-13,16-17H,3-4,7-8,11,19H2,1-2H3. The summed E-state index contributed by atoms with van der Waals surface area (Å²) in [6.07, 6.45) is 6.62. The van der Waals surface area contributed by atoms with Gasteiger partial charge in [-0.15, -0.1) is 0 Å². The van der Waals surface area contributed by atoms with E-state index in [2.05, 4.69) is 41.1 Å². The number of benzene rings is 1. The molecule has 2 N–H and O–H groups in total. The average molecular weight is 340 g/mol. The van der Waals surface area contributed by atoms with Crippen LogP contribution >= 0.6 is 15.9 Å². The van der Waals surface area contributed by atoms with Gasteiger partial charge in [-0.2, -0.15) is 0 Å². The Morgan fingerprint density at radius 1 is 1.30 bits per heavy atom. The summed E-state index contributed by atoms with van der Waals surface area (Å²) in [6.45, 7) is 4.31. The van der Waals surface area contributed by atoms with E-state index in [1.807, 2.05) is 13.0 Å². The third-order valence-electron chi connectivity index (χ3n) is 4.37. The average Bonchev–Trinajstić information content (AvgIpc) is 2.46. The summed E-state index contributed by atoms with van der Waals surface area (Å²) in [5, 5.41) is 0. The molecule has 112 valence electrons. The molecule has 0 radical (unpaired) electrons. The largest absolute Gasteiger partial charge is 0.368 e. The van der Waals surface area contributed by atoms with E-state index in [-0.39, 0.29) is 12.1 Å². The van der Waals surface area contributed by atoms with Crippen LogP contribution in [0.3, 0.4) is 0 Å². The summed E-state index contributed by atoms with van der Waals surface area (Å²) in [6, 6.07) is 8.25. The van der Waals surface area contributed by atoms with E-state index in [1.165, 1.54) is 37.7 Å². The van der Waals surface area contributed by atoms with Crippen LogP contribution in [0.5, 0.6) is 0 Å². The first-order chi connectivity index (χ1) is 9.63. The van der Waals surface area contributed by atoms with Gasteiger partial charge in [-0.1, -0.05) is 60.3 Å². The van der Waals surface area contributed by atoms with Crippen molar-refractivity contribution in [1.29, 1.82) is 0 Å². The summed E-state index contributed by atoms with van der Waals surface area (Å²) in [5.74, 6) is 0.687. The molecule has 1 aliphatic carbocycles. The monoisotopic (exact) mass is 339 g/mol. The first-order valence-electron chi connectivity index (χ1n) is 7.79. The van der Waals surface area contributed by atoms with Crippen LogP contribution in [0, 0.1) is 5.92 Å². The van der Waals surface area contributed by atoms with Gasteiger partial charge in [0, 0.05) is 10.5 Å². The summed E-state index contributed by atoms with van der Waals surface area (Å²) in [7, 11) is 0. The molecule has 2 rings (SSSR count). The van der Waals surface area contributed by atoms with E-state index in [0.29, 0.717) is 12.0 Å². The molecule has 1 aliphatic rings. The van der Waals surface area contributed by atoms with Crippen molar-refractivity contribution in [2.45, 2.75) is 64.2 Å². The van der Waals surface area contributed by atoms with Crippen molar-refractivity contribution < 1.29 is 4.74 Å². The minimum absolute atomic E-state index is 0.00636. The van der Waals surface area contributed by atoms with Crippen molar-refractivity contribution in [3.05, 3.63) is 34.3 Å². The molecule has 0 aromatic heterocycles. The minimum Gasteiger partial charge on any atom is -0.368 e. The third kappa shape index (κ3) is 3.84. The maximum atomic E-state index is 6.47. The second kappa shape index (κ2) is 7.58. The summed E-state index contributed by atoms with van der Waals surface area (Å²) in [4.78, 5) is 0. The molecule has 1 aromatic carbocycles. The van der Waals surface area contributed by atoms with Crippen LogP contribution in [0.15, 0.2) is 28.7 Å². The molecule has 0 aliphatic heterocycles. The zero-order valence-electron chi connectivity index (χ0n) is 12.5. The zero-order valence-corrected chi connectivity index (χ0v) is 14.1. The Labute approximate surface area is 131 Å². The second-order valence-electron chi connectivity index (χ2n) is 5.93. The highest BCUT2D eigenvalue weighted by molar-refractivity contribution is 9.10. The molecule has 0 saturated heterocycles. The topological polar surface area (TPSA) is 35.2 Å². The van der Waals surface area contributed by atoms with Crippen LogP contribution in [-0.2, 0) is 4.74 Å². The van der Waals surface area contributed by atoms with Crippen LogP contribution in [-0.4, -0.2) is 12.1 Å².